The summed E-state index contributed by atoms with van der Waals surface area (Å²) in [4.78, 5) is 8.53. The standard InChI is InChI=1S/C11H19N3/c1-5-11(4,6-2)14-10-12-8-7-9(3)13-10/h7-8H,5-6H2,1-4H3,(H,12,13,14). The van der Waals surface area contributed by atoms with Crippen LogP contribution in [0.25, 0.3) is 0 Å². The van der Waals surface area contributed by atoms with Crippen LogP contribution in [0.4, 0.5) is 5.95 Å². The van der Waals surface area contributed by atoms with E-state index in [0.717, 1.165) is 24.5 Å². The molecule has 0 aliphatic carbocycles. The first kappa shape index (κ1) is 11.0. The summed E-state index contributed by atoms with van der Waals surface area (Å²) in [6, 6.07) is 1.90. The summed E-state index contributed by atoms with van der Waals surface area (Å²) in [7, 11) is 0. The SMILES string of the molecule is CCC(C)(CC)Nc1nccc(C)n1. The fourth-order valence-corrected chi connectivity index (χ4v) is 1.21. The summed E-state index contributed by atoms with van der Waals surface area (Å²) < 4.78 is 0. The Bertz CT molecular complexity index is 292. The third kappa shape index (κ3) is 2.69. The van der Waals surface area contributed by atoms with Crippen molar-refractivity contribution in [3.63, 3.8) is 0 Å². The van der Waals surface area contributed by atoms with Gasteiger partial charge in [-0.3, -0.25) is 0 Å². The second-order valence-electron chi connectivity index (χ2n) is 3.91. The van der Waals surface area contributed by atoms with Gasteiger partial charge in [0.2, 0.25) is 5.95 Å². The topological polar surface area (TPSA) is 37.8 Å². The van der Waals surface area contributed by atoms with E-state index in [4.69, 9.17) is 0 Å². The Hall–Kier alpha value is -1.12. The van der Waals surface area contributed by atoms with Crippen LogP contribution in [-0.2, 0) is 0 Å². The smallest absolute Gasteiger partial charge is 0.223 e. The average molecular weight is 193 g/mol. The molecule has 0 aliphatic rings. The average Bonchev–Trinajstić information content (AvgIpc) is 2.18. The molecular formula is C11H19N3. The fourth-order valence-electron chi connectivity index (χ4n) is 1.21. The zero-order valence-electron chi connectivity index (χ0n) is 9.46. The number of nitrogens with one attached hydrogen (secondary N) is 1. The summed E-state index contributed by atoms with van der Waals surface area (Å²) in [5, 5.41) is 3.37. The molecule has 0 bridgehead atoms. The van der Waals surface area contributed by atoms with Crippen LogP contribution < -0.4 is 5.32 Å². The largest absolute Gasteiger partial charge is 0.349 e. The maximum Gasteiger partial charge on any atom is 0.223 e. The molecule has 0 saturated heterocycles. The second-order valence-corrected chi connectivity index (χ2v) is 3.91. The van der Waals surface area contributed by atoms with Crippen molar-refractivity contribution in [3.05, 3.63) is 18.0 Å². The molecule has 3 nitrogen and oxygen atoms in total. The Morgan fingerprint density at radius 2 is 2.00 bits per heavy atom. The number of rotatable bonds is 4. The molecular weight excluding hydrogens is 174 g/mol. The highest BCUT2D eigenvalue weighted by Gasteiger charge is 2.19. The van der Waals surface area contributed by atoms with Gasteiger partial charge in [0.25, 0.3) is 0 Å². The molecule has 1 aromatic heterocycles. The minimum Gasteiger partial charge on any atom is -0.349 e. The van der Waals surface area contributed by atoms with Gasteiger partial charge in [0.1, 0.15) is 0 Å². The van der Waals surface area contributed by atoms with Gasteiger partial charge in [-0.05, 0) is 32.8 Å². The van der Waals surface area contributed by atoms with Crippen molar-refractivity contribution in [1.29, 1.82) is 0 Å². The number of hydrogen-bond donors (Lipinski definition) is 1. The highest BCUT2D eigenvalue weighted by molar-refractivity contribution is 5.28. The summed E-state index contributed by atoms with van der Waals surface area (Å²) in [5.41, 5.74) is 1.10. The lowest BCUT2D eigenvalue weighted by Gasteiger charge is -2.28. The molecule has 0 amide bonds. The van der Waals surface area contributed by atoms with E-state index < -0.39 is 0 Å². The summed E-state index contributed by atoms with van der Waals surface area (Å²) in [6.45, 7) is 8.51. The highest BCUT2D eigenvalue weighted by atomic mass is 15.1. The molecule has 0 unspecified atom stereocenters. The molecule has 0 aliphatic heterocycles. The summed E-state index contributed by atoms with van der Waals surface area (Å²) in [5.74, 6) is 0.733. The van der Waals surface area contributed by atoms with Crippen LogP contribution in [0, 0.1) is 6.92 Å². The van der Waals surface area contributed by atoms with Crippen molar-refractivity contribution in [3.8, 4) is 0 Å². The van der Waals surface area contributed by atoms with Gasteiger partial charge in [0.15, 0.2) is 0 Å². The maximum atomic E-state index is 4.33. The normalized spacial score (nSPS) is 11.4. The van der Waals surface area contributed by atoms with Gasteiger partial charge in [-0.25, -0.2) is 9.97 Å². The van der Waals surface area contributed by atoms with Crippen molar-refractivity contribution in [2.75, 3.05) is 5.32 Å². The second kappa shape index (κ2) is 4.40. The molecule has 0 radical (unpaired) electrons. The molecule has 0 spiro atoms. The Morgan fingerprint density at radius 1 is 1.36 bits per heavy atom. The molecule has 0 saturated carbocycles. The van der Waals surface area contributed by atoms with Crippen LogP contribution in [0.2, 0.25) is 0 Å². The lowest BCUT2D eigenvalue weighted by atomic mass is 9.96. The van der Waals surface area contributed by atoms with Gasteiger partial charge < -0.3 is 5.32 Å². The van der Waals surface area contributed by atoms with E-state index in [1.165, 1.54) is 0 Å². The van der Waals surface area contributed by atoms with E-state index in [9.17, 15) is 0 Å². The lowest BCUT2D eigenvalue weighted by molar-refractivity contribution is 0.474. The van der Waals surface area contributed by atoms with Crippen molar-refractivity contribution in [1.82, 2.24) is 9.97 Å². The minimum atomic E-state index is 0.105. The molecule has 3 heteroatoms. The van der Waals surface area contributed by atoms with Gasteiger partial charge in [-0.1, -0.05) is 13.8 Å². The highest BCUT2D eigenvalue weighted by Crippen LogP contribution is 2.18. The van der Waals surface area contributed by atoms with E-state index in [-0.39, 0.29) is 5.54 Å². The lowest BCUT2D eigenvalue weighted by Crippen LogP contribution is -2.33. The van der Waals surface area contributed by atoms with E-state index >= 15 is 0 Å². The molecule has 14 heavy (non-hydrogen) atoms. The zero-order valence-corrected chi connectivity index (χ0v) is 9.46. The van der Waals surface area contributed by atoms with E-state index in [2.05, 4.69) is 36.1 Å². The monoisotopic (exact) mass is 193 g/mol. The Balaban J connectivity index is 2.77. The quantitative estimate of drug-likeness (QED) is 0.799. The number of anilines is 1. The van der Waals surface area contributed by atoms with E-state index in [1.54, 1.807) is 6.20 Å². The molecule has 1 heterocycles. The van der Waals surface area contributed by atoms with Crippen molar-refractivity contribution >= 4 is 5.95 Å². The molecule has 1 rings (SSSR count). The predicted molar refractivity (Wildman–Crippen MR) is 59.4 cm³/mol. The Morgan fingerprint density at radius 3 is 2.50 bits per heavy atom. The van der Waals surface area contributed by atoms with Crippen molar-refractivity contribution in [2.45, 2.75) is 46.1 Å². The third-order valence-electron chi connectivity index (χ3n) is 2.77. The first-order chi connectivity index (χ1) is 6.59. The predicted octanol–water partition coefficient (Wildman–Crippen LogP) is 2.78. The van der Waals surface area contributed by atoms with Crippen LogP contribution >= 0.6 is 0 Å². The molecule has 0 fully saturated rings. The Kier molecular flexibility index (Phi) is 3.44. The van der Waals surface area contributed by atoms with Crippen LogP contribution in [0.15, 0.2) is 12.3 Å². The third-order valence-corrected chi connectivity index (χ3v) is 2.77. The first-order valence-corrected chi connectivity index (χ1v) is 5.17. The maximum absolute atomic E-state index is 4.33. The summed E-state index contributed by atoms with van der Waals surface area (Å²) >= 11 is 0. The van der Waals surface area contributed by atoms with Crippen molar-refractivity contribution in [2.24, 2.45) is 0 Å². The number of aryl methyl sites for hydroxylation is 1. The van der Waals surface area contributed by atoms with Crippen LogP contribution in [-0.4, -0.2) is 15.5 Å². The molecule has 1 N–H and O–H groups in total. The Labute approximate surface area is 86.0 Å². The fraction of sp³-hybridized carbons (Fsp3) is 0.636. The van der Waals surface area contributed by atoms with Crippen LogP contribution in [0.5, 0.6) is 0 Å². The number of nitrogens with zero attached hydrogens (tertiary/aromatic N) is 2. The van der Waals surface area contributed by atoms with E-state index in [0.29, 0.717) is 0 Å². The molecule has 0 atom stereocenters. The van der Waals surface area contributed by atoms with Gasteiger partial charge >= 0.3 is 0 Å². The summed E-state index contributed by atoms with van der Waals surface area (Å²) in [6.07, 6.45) is 3.93. The van der Waals surface area contributed by atoms with Crippen molar-refractivity contribution < 1.29 is 0 Å². The number of aromatic nitrogens is 2. The van der Waals surface area contributed by atoms with Gasteiger partial charge in [0, 0.05) is 17.4 Å². The van der Waals surface area contributed by atoms with Crippen LogP contribution in [0.3, 0.4) is 0 Å². The van der Waals surface area contributed by atoms with Gasteiger partial charge in [-0.15, -0.1) is 0 Å². The minimum absolute atomic E-state index is 0.105. The molecule has 0 aromatic carbocycles. The molecule has 78 valence electrons. The van der Waals surface area contributed by atoms with Crippen LogP contribution in [0.1, 0.15) is 39.3 Å². The van der Waals surface area contributed by atoms with Gasteiger partial charge in [-0.2, -0.15) is 0 Å². The first-order valence-electron chi connectivity index (χ1n) is 5.17. The zero-order chi connectivity index (χ0) is 10.6. The molecule has 1 aromatic rings. The van der Waals surface area contributed by atoms with E-state index in [1.807, 2.05) is 13.0 Å². The number of hydrogen-bond acceptors (Lipinski definition) is 3. The van der Waals surface area contributed by atoms with Gasteiger partial charge in [0.05, 0.1) is 0 Å².